The van der Waals surface area contributed by atoms with Gasteiger partial charge in [-0.15, -0.1) is 0 Å². The van der Waals surface area contributed by atoms with Crippen molar-refractivity contribution in [2.24, 2.45) is 11.3 Å². The molecule has 2 bridgehead atoms. The molecule has 13 heteroatoms. The van der Waals surface area contributed by atoms with Gasteiger partial charge in [0.25, 0.3) is 0 Å². The molecule has 2 saturated heterocycles. The maximum absolute atomic E-state index is 15.3. The number of H-pyrrole nitrogens is 1. The fraction of sp³-hybridized carbons (Fsp3) is 0.587. The molecule has 0 radical (unpaired) electrons. The molecule has 0 amide bonds. The average molecular weight is 811 g/mol. The molecule has 1 spiro atoms. The molecule has 3 aromatic rings. The molecule has 9 rings (SSSR count). The van der Waals surface area contributed by atoms with Crippen LogP contribution >= 0.6 is 0 Å². The van der Waals surface area contributed by atoms with Crippen LogP contribution in [0, 0.1) is 11.3 Å². The van der Waals surface area contributed by atoms with Crippen molar-refractivity contribution in [2.75, 3.05) is 66.0 Å². The molecule has 1 aromatic heterocycles. The molecule has 10 atom stereocenters. The predicted octanol–water partition coefficient (Wildman–Crippen LogP) is 3.99. The second kappa shape index (κ2) is 13.8. The summed E-state index contributed by atoms with van der Waals surface area (Å²) in [6.45, 7) is 8.62. The zero-order valence-corrected chi connectivity index (χ0v) is 35.3. The zero-order chi connectivity index (χ0) is 41.9. The number of hydrogen-bond acceptors (Lipinski definition) is 12. The summed E-state index contributed by atoms with van der Waals surface area (Å²) in [5.74, 6) is -1.56. The maximum Gasteiger partial charge on any atom is 0.344 e. The molecule has 1 saturated carbocycles. The number of anilines is 1. The van der Waals surface area contributed by atoms with E-state index in [1.165, 1.54) is 21.1 Å². The van der Waals surface area contributed by atoms with Crippen LogP contribution in [-0.2, 0) is 45.8 Å². The van der Waals surface area contributed by atoms with Crippen LogP contribution in [-0.4, -0.2) is 133 Å². The van der Waals surface area contributed by atoms with Gasteiger partial charge in [-0.2, -0.15) is 0 Å². The lowest BCUT2D eigenvalue weighted by Gasteiger charge is -2.63. The van der Waals surface area contributed by atoms with Gasteiger partial charge in [-0.3, -0.25) is 19.4 Å². The smallest absolute Gasteiger partial charge is 0.344 e. The Morgan fingerprint density at radius 1 is 0.949 bits per heavy atom. The Bertz CT molecular complexity index is 2260. The summed E-state index contributed by atoms with van der Waals surface area (Å²) in [7, 11) is 6.15. The van der Waals surface area contributed by atoms with E-state index in [9.17, 15) is 19.8 Å². The van der Waals surface area contributed by atoms with Gasteiger partial charge < -0.3 is 39.0 Å². The number of carbonyl (C=O) groups is 3. The molecule has 5 aliphatic heterocycles. The maximum atomic E-state index is 15.3. The van der Waals surface area contributed by atoms with Gasteiger partial charge in [-0.25, -0.2) is 4.79 Å². The van der Waals surface area contributed by atoms with Crippen LogP contribution in [0.2, 0.25) is 0 Å². The third kappa shape index (κ3) is 5.20. The number of aromatic amines is 1. The van der Waals surface area contributed by atoms with E-state index < -0.39 is 57.5 Å². The monoisotopic (exact) mass is 810 g/mol. The number of aromatic nitrogens is 1. The lowest BCUT2D eigenvalue weighted by atomic mass is 9.47. The van der Waals surface area contributed by atoms with Crippen LogP contribution in [0.5, 0.6) is 5.75 Å². The molecular formula is C46H58N4O9. The van der Waals surface area contributed by atoms with Crippen molar-refractivity contribution in [1.29, 1.82) is 0 Å². The van der Waals surface area contributed by atoms with Gasteiger partial charge in [0.1, 0.15) is 11.2 Å². The van der Waals surface area contributed by atoms with Crippen molar-refractivity contribution >= 4 is 34.5 Å². The van der Waals surface area contributed by atoms with Crippen LogP contribution in [0.4, 0.5) is 5.69 Å². The molecule has 13 nitrogen and oxygen atoms in total. The van der Waals surface area contributed by atoms with Crippen LogP contribution in [0.25, 0.3) is 10.9 Å². The molecule has 1 unspecified atom stereocenters. The third-order valence-corrected chi connectivity index (χ3v) is 15.6. The summed E-state index contributed by atoms with van der Waals surface area (Å²) in [5, 5.41) is 26.3. The SMILES string of the molecule is CC[C@]1(O)C[C@H]2CN(CCc3c([nH]c4ccccc34)[C@@](C(=O)OC)(c3cc4c(cc3OC)N(C)[C@@H]3[C@@](O)(C(=O)OC)[C@@H](OC(C)=O)[C@@]5(CC)C=CCN6CC[C@]43[C@@H]65)C2)C1. The van der Waals surface area contributed by atoms with Crippen LogP contribution in [0.15, 0.2) is 48.6 Å². The minimum absolute atomic E-state index is 0.0986. The third-order valence-electron chi connectivity index (χ3n) is 15.6. The van der Waals surface area contributed by atoms with Crippen LogP contribution in [0.1, 0.15) is 75.3 Å². The number of esters is 3. The lowest BCUT2D eigenvalue weighted by Crippen LogP contribution is -2.81. The van der Waals surface area contributed by atoms with Crippen LogP contribution in [0.3, 0.4) is 0 Å². The highest BCUT2D eigenvalue weighted by molar-refractivity contribution is 5.95. The minimum Gasteiger partial charge on any atom is -0.496 e. The number of nitrogens with one attached hydrogen (secondary N) is 1. The van der Waals surface area contributed by atoms with Gasteiger partial charge in [0.2, 0.25) is 5.60 Å². The first kappa shape index (κ1) is 40.0. The number of methoxy groups -OCH3 is 3. The number of carbonyl (C=O) groups excluding carboxylic acids is 3. The Hall–Kier alpha value is -4.43. The summed E-state index contributed by atoms with van der Waals surface area (Å²) in [6, 6.07) is 11.0. The van der Waals surface area contributed by atoms with Crippen molar-refractivity contribution in [1.82, 2.24) is 14.8 Å². The molecular weight excluding hydrogens is 753 g/mol. The molecule has 3 fully saturated rings. The van der Waals surface area contributed by atoms with E-state index in [1.54, 1.807) is 7.11 Å². The topological polar surface area (TPSA) is 154 Å². The number of ether oxygens (including phenoxy) is 4. The van der Waals surface area contributed by atoms with Gasteiger partial charge in [0.15, 0.2) is 6.10 Å². The second-order valence-electron chi connectivity index (χ2n) is 18.2. The van der Waals surface area contributed by atoms with E-state index in [0.717, 1.165) is 33.4 Å². The van der Waals surface area contributed by atoms with Crippen molar-refractivity contribution in [3.05, 3.63) is 70.9 Å². The zero-order valence-electron chi connectivity index (χ0n) is 35.3. The van der Waals surface area contributed by atoms with Gasteiger partial charge in [-0.1, -0.05) is 44.2 Å². The van der Waals surface area contributed by atoms with Gasteiger partial charge in [-0.05, 0) is 74.2 Å². The Kier molecular flexibility index (Phi) is 9.36. The van der Waals surface area contributed by atoms with E-state index >= 15 is 4.79 Å². The fourth-order valence-electron chi connectivity index (χ4n) is 13.5. The van der Waals surface area contributed by atoms with E-state index in [2.05, 4.69) is 39.1 Å². The van der Waals surface area contributed by atoms with Gasteiger partial charge in [0.05, 0.1) is 33.0 Å². The number of benzene rings is 2. The van der Waals surface area contributed by atoms with E-state index in [4.69, 9.17) is 18.9 Å². The number of piperidine rings is 1. The summed E-state index contributed by atoms with van der Waals surface area (Å²) < 4.78 is 23.9. The average Bonchev–Trinajstić information content (AvgIpc) is 3.90. The highest BCUT2D eigenvalue weighted by Gasteiger charge is 2.80. The molecule has 6 aliphatic rings. The first-order valence-corrected chi connectivity index (χ1v) is 21.2. The summed E-state index contributed by atoms with van der Waals surface area (Å²) in [4.78, 5) is 53.2. The quantitative estimate of drug-likeness (QED) is 0.180. The number of para-hydroxylation sites is 1. The number of aliphatic hydroxyl groups is 2. The van der Waals surface area contributed by atoms with Crippen molar-refractivity contribution in [3.8, 4) is 5.75 Å². The van der Waals surface area contributed by atoms with Gasteiger partial charge in [0, 0.05) is 90.9 Å². The largest absolute Gasteiger partial charge is 0.496 e. The Morgan fingerprint density at radius 3 is 2.41 bits per heavy atom. The molecule has 59 heavy (non-hydrogen) atoms. The Balaban J connectivity index is 1.36. The second-order valence-corrected chi connectivity index (χ2v) is 18.2. The molecule has 6 heterocycles. The molecule has 2 aromatic carbocycles. The number of hydrogen-bond donors (Lipinski definition) is 3. The minimum atomic E-state index is -2.30. The predicted molar refractivity (Wildman–Crippen MR) is 220 cm³/mol. The lowest BCUT2D eigenvalue weighted by molar-refractivity contribution is -0.228. The summed E-state index contributed by atoms with van der Waals surface area (Å²) in [5.41, 5.74) is -1.62. The number of likely N-dealkylation sites (N-methyl/N-ethyl adjacent to an activating group) is 1. The highest BCUT2D eigenvalue weighted by Crippen LogP contribution is 2.68. The normalized spacial score (nSPS) is 37.0. The van der Waals surface area contributed by atoms with Crippen LogP contribution < -0.4 is 9.64 Å². The van der Waals surface area contributed by atoms with E-state index in [-0.39, 0.29) is 12.0 Å². The molecule has 1 aliphatic carbocycles. The fourth-order valence-corrected chi connectivity index (χ4v) is 13.5. The standard InChI is InChI=1S/C46H58N4O9/c1-8-42(54)23-28-24-45(40(52)57-6,36-30(15-19-49(25-28)26-42)29-13-10-11-14-33(29)47-36)32-21-31-34(22-35(32)56-5)48(4)38-44(31)17-20-50-18-12-16-43(9-2,37(44)50)39(59-27(3)51)46(38,55)41(53)58-7/h10-14,16,21-22,28,37-39,47,54-55H,8-9,15,17-20,23-26H2,1-7H3/t28-,37+,38+,39+,42+,43+,44-,45+,46+/m1/s1. The Morgan fingerprint density at radius 2 is 1.71 bits per heavy atom. The molecule has 3 N–H and O–H groups in total. The number of fused-ring (bicyclic) bond motifs is 6. The molecule has 316 valence electrons. The number of rotatable bonds is 7. The first-order chi connectivity index (χ1) is 28.2. The number of nitrogens with zero attached hydrogens (tertiary/aromatic N) is 3. The summed E-state index contributed by atoms with van der Waals surface area (Å²) >= 11 is 0. The first-order valence-electron chi connectivity index (χ1n) is 21.2. The van der Waals surface area contributed by atoms with Crippen molar-refractivity contribution < 1.29 is 43.5 Å². The van der Waals surface area contributed by atoms with Gasteiger partial charge >= 0.3 is 17.9 Å². The highest BCUT2D eigenvalue weighted by atomic mass is 16.6. The Labute approximate surface area is 345 Å². The van der Waals surface area contributed by atoms with E-state index in [1.807, 2.05) is 50.1 Å². The summed E-state index contributed by atoms with van der Waals surface area (Å²) in [6.07, 6.45) is 5.94. The van der Waals surface area contributed by atoms with Crippen molar-refractivity contribution in [2.45, 2.75) is 99.5 Å². The van der Waals surface area contributed by atoms with E-state index in [0.29, 0.717) is 82.6 Å². The van der Waals surface area contributed by atoms with Crippen molar-refractivity contribution in [3.63, 3.8) is 0 Å².